The molecule has 0 heterocycles. The van der Waals surface area contributed by atoms with Crippen molar-refractivity contribution in [1.82, 2.24) is 0 Å². The van der Waals surface area contributed by atoms with Gasteiger partial charge >= 0.3 is 23.9 Å². The zero-order valence-corrected chi connectivity index (χ0v) is 16.7. The van der Waals surface area contributed by atoms with Gasteiger partial charge in [-0.2, -0.15) is 0 Å². The van der Waals surface area contributed by atoms with Crippen LogP contribution in [0.25, 0.3) is 0 Å². The Balaban J connectivity index is 2.35. The predicted octanol–water partition coefficient (Wildman–Crippen LogP) is 0.606. The van der Waals surface area contributed by atoms with E-state index < -0.39 is 59.1 Å². The van der Waals surface area contributed by atoms with Gasteiger partial charge in [-0.3, -0.25) is 0 Å². The maximum atomic E-state index is 12.4. The Hall–Kier alpha value is -4.48. The van der Waals surface area contributed by atoms with Gasteiger partial charge in [0.2, 0.25) is 12.2 Å². The van der Waals surface area contributed by atoms with Crippen molar-refractivity contribution in [3.8, 4) is 23.0 Å². The first-order valence-corrected chi connectivity index (χ1v) is 8.70. The largest absolute Gasteiger partial charge is 0.504 e. The number of methoxy groups -OCH3 is 2. The van der Waals surface area contributed by atoms with Gasteiger partial charge in [-0.1, -0.05) is 0 Å². The molecule has 0 radical (unpaired) electrons. The molecule has 2 aromatic rings. The first-order valence-electron chi connectivity index (χ1n) is 8.70. The average molecular weight is 450 g/mol. The van der Waals surface area contributed by atoms with E-state index in [-0.39, 0.29) is 11.1 Å². The molecule has 170 valence electrons. The second-order valence-corrected chi connectivity index (χ2v) is 6.11. The molecule has 2 aromatic carbocycles. The lowest BCUT2D eigenvalue weighted by atomic mass is 10.1. The fourth-order valence-electron chi connectivity index (χ4n) is 2.37. The highest BCUT2D eigenvalue weighted by Gasteiger charge is 2.42. The SMILES string of the molecule is COC(=O)[C@@H](OC(=O)c1ccc(O)c(O)c1)[C@H](OC(=O)c1ccc(O)c(O)c1)C(=O)OC. The van der Waals surface area contributed by atoms with Crippen molar-refractivity contribution >= 4 is 23.9 Å². The molecule has 0 saturated heterocycles. The summed E-state index contributed by atoms with van der Waals surface area (Å²) in [6, 6.07) is 5.76. The molecule has 4 N–H and O–H groups in total. The quantitative estimate of drug-likeness (QED) is 0.262. The second-order valence-electron chi connectivity index (χ2n) is 6.11. The van der Waals surface area contributed by atoms with Gasteiger partial charge in [-0.25, -0.2) is 19.2 Å². The van der Waals surface area contributed by atoms with Gasteiger partial charge in [0, 0.05) is 0 Å². The number of rotatable bonds is 7. The maximum absolute atomic E-state index is 12.4. The molecule has 0 saturated carbocycles. The van der Waals surface area contributed by atoms with Crippen molar-refractivity contribution in [3.05, 3.63) is 47.5 Å². The summed E-state index contributed by atoms with van der Waals surface area (Å²) in [5.41, 5.74) is -0.625. The van der Waals surface area contributed by atoms with E-state index in [9.17, 15) is 39.6 Å². The van der Waals surface area contributed by atoms with Crippen LogP contribution in [0.2, 0.25) is 0 Å². The number of phenols is 4. The maximum Gasteiger partial charge on any atom is 0.351 e. The van der Waals surface area contributed by atoms with Crippen LogP contribution in [-0.4, -0.2) is 70.7 Å². The van der Waals surface area contributed by atoms with Crippen LogP contribution >= 0.6 is 0 Å². The topological polar surface area (TPSA) is 186 Å². The van der Waals surface area contributed by atoms with E-state index in [1.54, 1.807) is 0 Å². The zero-order chi connectivity index (χ0) is 24.0. The minimum Gasteiger partial charge on any atom is -0.504 e. The molecule has 0 aliphatic heterocycles. The minimum absolute atomic E-state index is 0.312. The van der Waals surface area contributed by atoms with Crippen LogP contribution in [0.3, 0.4) is 0 Å². The number of ether oxygens (including phenoxy) is 4. The normalized spacial score (nSPS) is 12.2. The molecule has 0 amide bonds. The van der Waals surface area contributed by atoms with E-state index in [1.807, 2.05) is 0 Å². The van der Waals surface area contributed by atoms with E-state index in [2.05, 4.69) is 9.47 Å². The Morgan fingerprint density at radius 3 is 1.25 bits per heavy atom. The minimum atomic E-state index is -2.12. The summed E-state index contributed by atoms with van der Waals surface area (Å²) in [6.07, 6.45) is -4.24. The van der Waals surface area contributed by atoms with Crippen LogP contribution in [0.1, 0.15) is 20.7 Å². The lowest BCUT2D eigenvalue weighted by Gasteiger charge is -2.23. The van der Waals surface area contributed by atoms with Crippen LogP contribution in [0.15, 0.2) is 36.4 Å². The summed E-state index contributed by atoms with van der Waals surface area (Å²) in [4.78, 5) is 49.3. The molecule has 0 aliphatic carbocycles. The molecule has 2 rings (SSSR count). The summed E-state index contributed by atoms with van der Waals surface area (Å²) in [6.45, 7) is 0. The number of esters is 4. The van der Waals surface area contributed by atoms with Gasteiger partial charge in [0.1, 0.15) is 0 Å². The Morgan fingerprint density at radius 1 is 0.625 bits per heavy atom. The highest BCUT2D eigenvalue weighted by Crippen LogP contribution is 2.27. The molecule has 0 spiro atoms. The molecule has 32 heavy (non-hydrogen) atoms. The standard InChI is InChI=1S/C20H18O12/c1-29-19(27)15(31-17(25)9-3-5-11(21)13(23)7-9)16(20(28)30-2)32-18(26)10-4-6-12(22)14(24)8-10/h3-8,15-16,21-24H,1-2H3/t15-,16-/m0/s1. The van der Waals surface area contributed by atoms with E-state index in [1.165, 1.54) is 0 Å². The number of carbonyl (C=O) groups excluding carboxylic acids is 4. The molecule has 0 aliphatic rings. The van der Waals surface area contributed by atoms with Crippen molar-refractivity contribution in [2.45, 2.75) is 12.2 Å². The predicted molar refractivity (Wildman–Crippen MR) is 102 cm³/mol. The van der Waals surface area contributed by atoms with Gasteiger partial charge in [0.15, 0.2) is 23.0 Å². The van der Waals surface area contributed by atoms with Crippen molar-refractivity contribution in [2.24, 2.45) is 0 Å². The monoisotopic (exact) mass is 450 g/mol. The molecular formula is C20H18O12. The van der Waals surface area contributed by atoms with E-state index >= 15 is 0 Å². The molecule has 2 atom stereocenters. The highest BCUT2D eigenvalue weighted by atomic mass is 16.6. The molecular weight excluding hydrogens is 432 g/mol. The Morgan fingerprint density at radius 2 is 0.969 bits per heavy atom. The first kappa shape index (κ1) is 23.8. The van der Waals surface area contributed by atoms with Gasteiger partial charge in [-0.05, 0) is 36.4 Å². The Kier molecular flexibility index (Phi) is 7.45. The molecule has 0 bridgehead atoms. The lowest BCUT2D eigenvalue weighted by molar-refractivity contribution is -0.170. The average Bonchev–Trinajstić information content (AvgIpc) is 2.78. The number of carbonyl (C=O) groups is 4. The van der Waals surface area contributed by atoms with Crippen LogP contribution in [0, 0.1) is 0 Å². The van der Waals surface area contributed by atoms with E-state index in [4.69, 9.17) is 9.47 Å². The zero-order valence-electron chi connectivity index (χ0n) is 16.7. The molecule has 0 fully saturated rings. The summed E-state index contributed by atoms with van der Waals surface area (Å²) in [5.74, 6) is -7.38. The number of hydrogen-bond acceptors (Lipinski definition) is 12. The first-order chi connectivity index (χ1) is 15.1. The van der Waals surface area contributed by atoms with Crippen LogP contribution in [0.4, 0.5) is 0 Å². The summed E-state index contributed by atoms with van der Waals surface area (Å²) in [5, 5.41) is 37.7. The van der Waals surface area contributed by atoms with Crippen LogP contribution in [0.5, 0.6) is 23.0 Å². The summed E-state index contributed by atoms with van der Waals surface area (Å²) >= 11 is 0. The van der Waals surface area contributed by atoms with Crippen molar-refractivity contribution in [2.75, 3.05) is 14.2 Å². The number of hydrogen-bond donors (Lipinski definition) is 4. The summed E-state index contributed by atoms with van der Waals surface area (Å²) < 4.78 is 19.0. The number of benzene rings is 2. The fourth-order valence-corrected chi connectivity index (χ4v) is 2.37. The third kappa shape index (κ3) is 5.36. The third-order valence-corrected chi connectivity index (χ3v) is 4.03. The van der Waals surface area contributed by atoms with E-state index in [0.29, 0.717) is 0 Å². The molecule has 12 heteroatoms. The Labute approximate surface area is 180 Å². The van der Waals surface area contributed by atoms with E-state index in [0.717, 1.165) is 50.6 Å². The third-order valence-electron chi connectivity index (χ3n) is 4.03. The number of phenolic OH excluding ortho intramolecular Hbond substituents is 4. The van der Waals surface area contributed by atoms with Crippen molar-refractivity contribution < 1.29 is 58.6 Å². The fraction of sp³-hybridized carbons (Fsp3) is 0.200. The van der Waals surface area contributed by atoms with Crippen LogP contribution in [-0.2, 0) is 28.5 Å². The lowest BCUT2D eigenvalue weighted by Crippen LogP contribution is -2.47. The number of aromatic hydroxyl groups is 4. The van der Waals surface area contributed by atoms with Gasteiger partial charge < -0.3 is 39.4 Å². The van der Waals surface area contributed by atoms with Gasteiger partial charge in [0.25, 0.3) is 0 Å². The Bertz CT molecular complexity index is 961. The van der Waals surface area contributed by atoms with Crippen molar-refractivity contribution in [1.29, 1.82) is 0 Å². The molecule has 0 unspecified atom stereocenters. The van der Waals surface area contributed by atoms with Gasteiger partial charge in [0.05, 0.1) is 25.3 Å². The smallest absolute Gasteiger partial charge is 0.351 e. The highest BCUT2D eigenvalue weighted by molar-refractivity contribution is 5.96. The molecule has 12 nitrogen and oxygen atoms in total. The summed E-state index contributed by atoms with van der Waals surface area (Å²) in [7, 11) is 1.84. The van der Waals surface area contributed by atoms with Gasteiger partial charge in [-0.15, -0.1) is 0 Å². The molecule has 0 aromatic heterocycles. The second kappa shape index (κ2) is 10.0. The van der Waals surface area contributed by atoms with Crippen molar-refractivity contribution in [3.63, 3.8) is 0 Å². The van der Waals surface area contributed by atoms with Crippen LogP contribution < -0.4 is 0 Å².